The molecule has 154 valence electrons. The molecule has 3 rings (SSSR count). The fourth-order valence-corrected chi connectivity index (χ4v) is 3.60. The minimum atomic E-state index is -0.228. The summed E-state index contributed by atoms with van der Waals surface area (Å²) in [7, 11) is 0. The number of rotatable bonds is 5. The van der Waals surface area contributed by atoms with E-state index in [1.807, 2.05) is 75.4 Å². The van der Waals surface area contributed by atoms with Crippen LogP contribution in [0.1, 0.15) is 46.5 Å². The molecule has 5 nitrogen and oxygen atoms in total. The molecule has 0 aliphatic heterocycles. The maximum absolute atomic E-state index is 12.8. The molecular weight excluding hydrogens is 364 g/mol. The van der Waals surface area contributed by atoms with Crippen LogP contribution in [-0.4, -0.2) is 17.4 Å². The maximum Gasteiger partial charge on any atom is 0.227 e. The molecule has 2 N–H and O–H groups in total. The Morgan fingerprint density at radius 2 is 1.38 bits per heavy atom. The number of amides is 2. The fraction of sp³-hybridized carbons (Fsp3) is 0.417. The molecule has 0 aromatic heterocycles. The van der Waals surface area contributed by atoms with Crippen molar-refractivity contribution in [1.82, 2.24) is 5.32 Å². The summed E-state index contributed by atoms with van der Waals surface area (Å²) in [4.78, 5) is 25.2. The maximum atomic E-state index is 12.8. The number of hydrogen-bond donors (Lipinski definition) is 2. The number of anilines is 1. The number of benzene rings is 2. The summed E-state index contributed by atoms with van der Waals surface area (Å²) in [5, 5.41) is 6.07. The fourth-order valence-electron chi connectivity index (χ4n) is 3.60. The highest BCUT2D eigenvalue weighted by molar-refractivity contribution is 5.94. The highest BCUT2D eigenvalue weighted by Gasteiger charge is 2.31. The van der Waals surface area contributed by atoms with E-state index in [2.05, 4.69) is 10.6 Å². The number of hydrogen-bond acceptors (Lipinski definition) is 3. The first kappa shape index (κ1) is 20.9. The van der Waals surface area contributed by atoms with Gasteiger partial charge < -0.3 is 15.4 Å². The van der Waals surface area contributed by atoms with Gasteiger partial charge in [0.15, 0.2) is 5.75 Å². The van der Waals surface area contributed by atoms with Crippen LogP contribution >= 0.6 is 0 Å². The van der Waals surface area contributed by atoms with Gasteiger partial charge in [0.25, 0.3) is 0 Å². The van der Waals surface area contributed by atoms with E-state index in [1.165, 1.54) is 0 Å². The summed E-state index contributed by atoms with van der Waals surface area (Å²) in [6, 6.07) is 16.9. The van der Waals surface area contributed by atoms with Crippen molar-refractivity contribution in [3.63, 3.8) is 0 Å². The lowest BCUT2D eigenvalue weighted by molar-refractivity contribution is -0.129. The van der Waals surface area contributed by atoms with Crippen LogP contribution in [0.4, 0.5) is 5.69 Å². The van der Waals surface area contributed by atoms with Crippen molar-refractivity contribution in [3.05, 3.63) is 54.6 Å². The van der Waals surface area contributed by atoms with E-state index < -0.39 is 0 Å². The van der Waals surface area contributed by atoms with Crippen molar-refractivity contribution in [1.29, 1.82) is 0 Å². The molecular formula is C24H30N2O3. The quantitative estimate of drug-likeness (QED) is 0.738. The van der Waals surface area contributed by atoms with Crippen LogP contribution in [0.3, 0.4) is 0 Å². The second kappa shape index (κ2) is 9.12. The van der Waals surface area contributed by atoms with Gasteiger partial charge in [0.1, 0.15) is 5.75 Å². The third kappa shape index (κ3) is 6.08. The number of carbonyl (C=O) groups is 2. The predicted molar refractivity (Wildman–Crippen MR) is 115 cm³/mol. The highest BCUT2D eigenvalue weighted by atomic mass is 16.5. The Hall–Kier alpha value is -2.82. The van der Waals surface area contributed by atoms with Crippen molar-refractivity contribution in [2.45, 2.75) is 52.0 Å². The Kier molecular flexibility index (Phi) is 6.57. The Morgan fingerprint density at radius 3 is 2.00 bits per heavy atom. The van der Waals surface area contributed by atoms with E-state index >= 15 is 0 Å². The van der Waals surface area contributed by atoms with Gasteiger partial charge in [-0.05, 0) is 70.7 Å². The standard InChI is InChI=1S/C24H30N2O3/c1-24(2,3)26-23(28)18-15-13-17(14-16-18)22(27)25-20-11-7-8-12-21(20)29-19-9-5-4-6-10-19/h4-12,17-18H,13-16H2,1-3H3,(H,25,27)(H,26,28). The second-order valence-corrected chi connectivity index (χ2v) is 8.69. The number of para-hydroxylation sites is 3. The molecule has 0 saturated heterocycles. The average Bonchev–Trinajstić information content (AvgIpc) is 2.69. The summed E-state index contributed by atoms with van der Waals surface area (Å²) in [6.45, 7) is 5.96. The van der Waals surface area contributed by atoms with Crippen molar-refractivity contribution in [2.24, 2.45) is 11.8 Å². The molecule has 1 fully saturated rings. The van der Waals surface area contributed by atoms with Gasteiger partial charge >= 0.3 is 0 Å². The lowest BCUT2D eigenvalue weighted by Gasteiger charge is -2.30. The van der Waals surface area contributed by atoms with Crippen molar-refractivity contribution in [2.75, 3.05) is 5.32 Å². The van der Waals surface area contributed by atoms with Gasteiger partial charge in [0.05, 0.1) is 5.69 Å². The normalized spacial score (nSPS) is 19.3. The van der Waals surface area contributed by atoms with Gasteiger partial charge in [-0.25, -0.2) is 0 Å². The summed E-state index contributed by atoms with van der Waals surface area (Å²) in [5.74, 6) is 1.33. The third-order valence-electron chi connectivity index (χ3n) is 5.08. The van der Waals surface area contributed by atoms with Crippen LogP contribution in [0, 0.1) is 11.8 Å². The van der Waals surface area contributed by atoms with E-state index in [1.54, 1.807) is 0 Å². The van der Waals surface area contributed by atoms with E-state index in [9.17, 15) is 9.59 Å². The number of carbonyl (C=O) groups excluding carboxylic acids is 2. The van der Waals surface area contributed by atoms with Crippen LogP contribution in [-0.2, 0) is 9.59 Å². The first-order valence-corrected chi connectivity index (χ1v) is 10.3. The van der Waals surface area contributed by atoms with E-state index in [0.717, 1.165) is 31.4 Å². The topological polar surface area (TPSA) is 67.4 Å². The molecule has 2 aromatic rings. The van der Waals surface area contributed by atoms with Crippen molar-refractivity contribution >= 4 is 17.5 Å². The van der Waals surface area contributed by atoms with Gasteiger partial charge in [0, 0.05) is 17.4 Å². The van der Waals surface area contributed by atoms with Crippen LogP contribution in [0.25, 0.3) is 0 Å². The van der Waals surface area contributed by atoms with Crippen molar-refractivity contribution < 1.29 is 14.3 Å². The molecule has 0 radical (unpaired) electrons. The van der Waals surface area contributed by atoms with Crippen LogP contribution in [0.5, 0.6) is 11.5 Å². The lowest BCUT2D eigenvalue weighted by Crippen LogP contribution is -2.45. The minimum Gasteiger partial charge on any atom is -0.455 e. The third-order valence-corrected chi connectivity index (χ3v) is 5.08. The molecule has 1 aliphatic rings. The molecule has 2 amide bonds. The Bertz CT molecular complexity index is 835. The van der Waals surface area contributed by atoms with Gasteiger partial charge in [-0.15, -0.1) is 0 Å². The van der Waals surface area contributed by atoms with E-state index in [0.29, 0.717) is 11.4 Å². The number of nitrogens with one attached hydrogen (secondary N) is 2. The molecule has 5 heteroatoms. The lowest BCUT2D eigenvalue weighted by atomic mass is 9.81. The molecule has 0 atom stereocenters. The molecule has 0 unspecified atom stereocenters. The van der Waals surface area contributed by atoms with E-state index in [4.69, 9.17) is 4.74 Å². The largest absolute Gasteiger partial charge is 0.455 e. The summed E-state index contributed by atoms with van der Waals surface area (Å²) in [6.07, 6.45) is 2.91. The monoisotopic (exact) mass is 394 g/mol. The van der Waals surface area contributed by atoms with Gasteiger partial charge in [-0.1, -0.05) is 30.3 Å². The zero-order chi connectivity index (χ0) is 20.9. The molecule has 1 saturated carbocycles. The average molecular weight is 395 g/mol. The smallest absolute Gasteiger partial charge is 0.227 e. The Balaban J connectivity index is 1.57. The van der Waals surface area contributed by atoms with Crippen molar-refractivity contribution in [3.8, 4) is 11.5 Å². The zero-order valence-electron chi connectivity index (χ0n) is 17.4. The SMILES string of the molecule is CC(C)(C)NC(=O)C1CCC(C(=O)Nc2ccccc2Oc2ccccc2)CC1. The molecule has 0 bridgehead atoms. The van der Waals surface area contributed by atoms with Gasteiger partial charge in [0.2, 0.25) is 11.8 Å². The molecule has 0 spiro atoms. The minimum absolute atomic E-state index is 0.00743. The summed E-state index contributed by atoms with van der Waals surface area (Å²) >= 11 is 0. The van der Waals surface area contributed by atoms with Gasteiger partial charge in [-0.2, -0.15) is 0 Å². The molecule has 29 heavy (non-hydrogen) atoms. The molecule has 2 aromatic carbocycles. The second-order valence-electron chi connectivity index (χ2n) is 8.69. The molecule has 0 heterocycles. The van der Waals surface area contributed by atoms with E-state index in [-0.39, 0.29) is 29.2 Å². The van der Waals surface area contributed by atoms with Gasteiger partial charge in [-0.3, -0.25) is 9.59 Å². The summed E-state index contributed by atoms with van der Waals surface area (Å²) in [5.41, 5.74) is 0.433. The Morgan fingerprint density at radius 1 is 0.828 bits per heavy atom. The number of ether oxygens (including phenoxy) is 1. The predicted octanol–water partition coefficient (Wildman–Crippen LogP) is 5.14. The van der Waals surface area contributed by atoms with Crippen LogP contribution in [0.15, 0.2) is 54.6 Å². The first-order chi connectivity index (χ1) is 13.8. The summed E-state index contributed by atoms with van der Waals surface area (Å²) < 4.78 is 5.92. The zero-order valence-corrected chi connectivity index (χ0v) is 17.4. The first-order valence-electron chi connectivity index (χ1n) is 10.3. The van der Waals surface area contributed by atoms with Crippen LogP contribution in [0.2, 0.25) is 0 Å². The Labute approximate surface area is 172 Å². The van der Waals surface area contributed by atoms with Crippen LogP contribution < -0.4 is 15.4 Å². The molecule has 1 aliphatic carbocycles. The highest BCUT2D eigenvalue weighted by Crippen LogP contribution is 2.33.